The Kier molecular flexibility index (Phi) is 4.71. The van der Waals surface area contributed by atoms with Crippen LogP contribution in [0.15, 0.2) is 36.4 Å². The first-order valence-corrected chi connectivity index (χ1v) is 6.49. The van der Waals surface area contributed by atoms with Crippen molar-refractivity contribution in [1.82, 2.24) is 4.98 Å². The monoisotopic (exact) mass is 290 g/mol. The van der Waals surface area contributed by atoms with Crippen LogP contribution in [0, 0.1) is 6.92 Å². The summed E-state index contributed by atoms with van der Waals surface area (Å²) in [5.41, 5.74) is 2.90. The minimum atomic E-state index is -0.216. The molecule has 0 spiro atoms. The van der Waals surface area contributed by atoms with Gasteiger partial charge in [0, 0.05) is 24.1 Å². The zero-order valence-electron chi connectivity index (χ0n) is 11.3. The molecule has 0 fully saturated rings. The molecule has 0 bridgehead atoms. The number of hydrogen-bond acceptors (Lipinski definition) is 3. The summed E-state index contributed by atoms with van der Waals surface area (Å²) >= 11 is 5.86. The SMILES string of the molecule is COCc1cccc(NC(=O)c2cc(C)nc(Cl)c2)c1. The van der Waals surface area contributed by atoms with Gasteiger partial charge in [0.15, 0.2) is 0 Å². The summed E-state index contributed by atoms with van der Waals surface area (Å²) in [6.07, 6.45) is 0. The number of benzene rings is 1. The maximum absolute atomic E-state index is 12.2. The number of aryl methyl sites for hydroxylation is 1. The standard InChI is InChI=1S/C15H15ClN2O2/c1-10-6-12(8-14(16)17-10)15(19)18-13-5-3-4-11(7-13)9-20-2/h3-8H,9H2,1-2H3,(H,18,19). The van der Waals surface area contributed by atoms with Crippen LogP contribution in [0.3, 0.4) is 0 Å². The van der Waals surface area contributed by atoms with Gasteiger partial charge in [-0.2, -0.15) is 0 Å². The van der Waals surface area contributed by atoms with Crippen LogP contribution in [0.25, 0.3) is 0 Å². The fourth-order valence-electron chi connectivity index (χ4n) is 1.87. The summed E-state index contributed by atoms with van der Waals surface area (Å²) in [6, 6.07) is 10.7. The van der Waals surface area contributed by atoms with E-state index in [1.807, 2.05) is 24.3 Å². The fourth-order valence-corrected chi connectivity index (χ4v) is 2.12. The number of methoxy groups -OCH3 is 1. The van der Waals surface area contributed by atoms with Crippen LogP contribution >= 0.6 is 11.6 Å². The largest absolute Gasteiger partial charge is 0.380 e. The number of ether oxygens (including phenoxy) is 1. The zero-order chi connectivity index (χ0) is 14.5. The Hall–Kier alpha value is -1.91. The molecule has 4 nitrogen and oxygen atoms in total. The van der Waals surface area contributed by atoms with Crippen LogP contribution in [0.1, 0.15) is 21.6 Å². The molecule has 20 heavy (non-hydrogen) atoms. The van der Waals surface area contributed by atoms with Gasteiger partial charge in [-0.3, -0.25) is 4.79 Å². The summed E-state index contributed by atoms with van der Waals surface area (Å²) in [5, 5.41) is 3.14. The van der Waals surface area contributed by atoms with Crippen molar-refractivity contribution in [2.45, 2.75) is 13.5 Å². The average Bonchev–Trinajstić information content (AvgIpc) is 2.38. The third-order valence-corrected chi connectivity index (χ3v) is 2.87. The Labute approximate surface area is 122 Å². The van der Waals surface area contributed by atoms with Gasteiger partial charge in [0.05, 0.1) is 6.61 Å². The maximum atomic E-state index is 12.2. The first-order chi connectivity index (χ1) is 9.58. The lowest BCUT2D eigenvalue weighted by Gasteiger charge is -2.08. The Morgan fingerprint density at radius 3 is 2.85 bits per heavy atom. The molecule has 0 saturated heterocycles. The maximum Gasteiger partial charge on any atom is 0.255 e. The molecule has 0 atom stereocenters. The van der Waals surface area contributed by atoms with Crippen molar-refractivity contribution in [3.8, 4) is 0 Å². The average molecular weight is 291 g/mol. The second-order valence-electron chi connectivity index (χ2n) is 4.41. The fraction of sp³-hybridized carbons (Fsp3) is 0.200. The number of carbonyl (C=O) groups is 1. The predicted octanol–water partition coefficient (Wildman–Crippen LogP) is 3.44. The van der Waals surface area contributed by atoms with Gasteiger partial charge in [0.2, 0.25) is 0 Å². The van der Waals surface area contributed by atoms with Gasteiger partial charge in [-0.15, -0.1) is 0 Å². The van der Waals surface area contributed by atoms with E-state index in [0.717, 1.165) is 11.3 Å². The number of carbonyl (C=O) groups excluding carboxylic acids is 1. The predicted molar refractivity (Wildman–Crippen MR) is 79.1 cm³/mol. The van der Waals surface area contributed by atoms with Gasteiger partial charge in [-0.1, -0.05) is 23.7 Å². The Morgan fingerprint density at radius 1 is 1.35 bits per heavy atom. The third kappa shape index (κ3) is 3.79. The van der Waals surface area contributed by atoms with Crippen molar-refractivity contribution in [2.24, 2.45) is 0 Å². The number of hydrogen-bond donors (Lipinski definition) is 1. The van der Waals surface area contributed by atoms with Gasteiger partial charge in [0.1, 0.15) is 5.15 Å². The van der Waals surface area contributed by atoms with E-state index in [0.29, 0.717) is 23.0 Å². The van der Waals surface area contributed by atoms with Crippen molar-refractivity contribution >= 4 is 23.2 Å². The van der Waals surface area contributed by atoms with Crippen molar-refractivity contribution < 1.29 is 9.53 Å². The summed E-state index contributed by atoms with van der Waals surface area (Å²) < 4.78 is 5.07. The topological polar surface area (TPSA) is 51.2 Å². The number of aromatic nitrogens is 1. The van der Waals surface area contributed by atoms with Gasteiger partial charge in [0.25, 0.3) is 5.91 Å². The summed E-state index contributed by atoms with van der Waals surface area (Å²) in [7, 11) is 1.63. The molecule has 5 heteroatoms. The van der Waals surface area contributed by atoms with Crippen LogP contribution in [-0.2, 0) is 11.3 Å². The molecule has 0 saturated carbocycles. The number of nitrogens with one attached hydrogen (secondary N) is 1. The lowest BCUT2D eigenvalue weighted by molar-refractivity contribution is 0.102. The minimum Gasteiger partial charge on any atom is -0.380 e. The van der Waals surface area contributed by atoms with Crippen LogP contribution in [-0.4, -0.2) is 18.0 Å². The van der Waals surface area contributed by atoms with Gasteiger partial charge >= 0.3 is 0 Å². The highest BCUT2D eigenvalue weighted by Gasteiger charge is 2.08. The van der Waals surface area contributed by atoms with E-state index >= 15 is 0 Å². The molecule has 1 heterocycles. The highest BCUT2D eigenvalue weighted by atomic mass is 35.5. The molecule has 1 aromatic heterocycles. The normalized spacial score (nSPS) is 10.3. The second kappa shape index (κ2) is 6.50. The number of nitrogens with zero attached hydrogens (tertiary/aromatic N) is 1. The lowest BCUT2D eigenvalue weighted by Crippen LogP contribution is -2.12. The Morgan fingerprint density at radius 2 is 2.15 bits per heavy atom. The van der Waals surface area contributed by atoms with Gasteiger partial charge < -0.3 is 10.1 Å². The quantitative estimate of drug-likeness (QED) is 0.878. The Bertz CT molecular complexity index is 609. The Balaban J connectivity index is 2.16. The second-order valence-corrected chi connectivity index (χ2v) is 4.79. The van der Waals surface area contributed by atoms with Crippen molar-refractivity contribution in [2.75, 3.05) is 12.4 Å². The molecule has 1 aromatic carbocycles. The van der Waals surface area contributed by atoms with Crippen LogP contribution in [0.4, 0.5) is 5.69 Å². The van der Waals surface area contributed by atoms with Crippen LogP contribution in [0.5, 0.6) is 0 Å². The molecule has 0 radical (unpaired) electrons. The molecular formula is C15H15ClN2O2. The molecule has 2 aromatic rings. The summed E-state index contributed by atoms with van der Waals surface area (Å²) in [4.78, 5) is 16.2. The highest BCUT2D eigenvalue weighted by molar-refractivity contribution is 6.29. The minimum absolute atomic E-state index is 0.216. The zero-order valence-corrected chi connectivity index (χ0v) is 12.1. The van der Waals surface area contributed by atoms with Crippen molar-refractivity contribution in [3.05, 3.63) is 58.4 Å². The van der Waals surface area contributed by atoms with E-state index < -0.39 is 0 Å². The highest BCUT2D eigenvalue weighted by Crippen LogP contribution is 2.15. The van der Waals surface area contributed by atoms with E-state index in [2.05, 4.69) is 10.3 Å². The molecule has 1 N–H and O–H groups in total. The number of rotatable bonds is 4. The van der Waals surface area contributed by atoms with E-state index in [1.54, 1.807) is 26.2 Å². The number of pyridine rings is 1. The molecule has 2 rings (SSSR count). The molecule has 0 aliphatic heterocycles. The molecular weight excluding hydrogens is 276 g/mol. The lowest BCUT2D eigenvalue weighted by atomic mass is 10.2. The van der Waals surface area contributed by atoms with E-state index in [-0.39, 0.29) is 5.91 Å². The van der Waals surface area contributed by atoms with Gasteiger partial charge in [-0.05, 0) is 36.8 Å². The first-order valence-electron chi connectivity index (χ1n) is 6.12. The third-order valence-electron chi connectivity index (χ3n) is 2.68. The molecule has 104 valence electrons. The summed E-state index contributed by atoms with van der Waals surface area (Å²) in [6.45, 7) is 2.30. The van der Waals surface area contributed by atoms with Gasteiger partial charge in [-0.25, -0.2) is 4.98 Å². The number of amides is 1. The van der Waals surface area contributed by atoms with Crippen LogP contribution in [0.2, 0.25) is 5.15 Å². The van der Waals surface area contributed by atoms with E-state index in [9.17, 15) is 4.79 Å². The smallest absolute Gasteiger partial charge is 0.255 e. The molecule has 0 aliphatic rings. The van der Waals surface area contributed by atoms with Crippen molar-refractivity contribution in [3.63, 3.8) is 0 Å². The first kappa shape index (κ1) is 14.5. The molecule has 0 aliphatic carbocycles. The number of halogens is 1. The summed E-state index contributed by atoms with van der Waals surface area (Å²) in [5.74, 6) is -0.216. The molecule has 1 amide bonds. The van der Waals surface area contributed by atoms with Crippen molar-refractivity contribution in [1.29, 1.82) is 0 Å². The number of anilines is 1. The van der Waals surface area contributed by atoms with E-state index in [1.165, 1.54) is 0 Å². The molecule has 0 unspecified atom stereocenters. The van der Waals surface area contributed by atoms with Crippen LogP contribution < -0.4 is 5.32 Å². The van der Waals surface area contributed by atoms with E-state index in [4.69, 9.17) is 16.3 Å².